The molecule has 0 saturated heterocycles. The van der Waals surface area contributed by atoms with E-state index in [0.29, 0.717) is 13.1 Å². The van der Waals surface area contributed by atoms with Gasteiger partial charge in [-0.15, -0.1) is 0 Å². The van der Waals surface area contributed by atoms with Crippen molar-refractivity contribution in [2.45, 2.75) is 40.2 Å². The minimum atomic E-state index is -0.476. The first kappa shape index (κ1) is 16.2. The number of para-hydroxylation sites is 1. The Bertz CT molecular complexity index is 463. The van der Waals surface area contributed by atoms with E-state index in [1.54, 1.807) is 4.90 Å². The molecule has 0 heterocycles. The molecule has 0 unspecified atom stereocenters. The van der Waals surface area contributed by atoms with Gasteiger partial charge in [0.05, 0.1) is 0 Å². The summed E-state index contributed by atoms with van der Waals surface area (Å²) in [6, 6.07) is 9.27. The largest absolute Gasteiger partial charge is 0.330 e. The first-order valence-corrected chi connectivity index (χ1v) is 7.01. The maximum absolute atomic E-state index is 12.5. The summed E-state index contributed by atoms with van der Waals surface area (Å²) in [6.45, 7) is 10.5. The van der Waals surface area contributed by atoms with Crippen LogP contribution in [0.4, 0.5) is 5.69 Å². The molecule has 0 aromatic heterocycles. The Labute approximate surface area is 121 Å². The van der Waals surface area contributed by atoms with Crippen molar-refractivity contribution < 1.29 is 9.59 Å². The van der Waals surface area contributed by atoms with Crippen LogP contribution in [-0.4, -0.2) is 35.3 Å². The van der Waals surface area contributed by atoms with E-state index >= 15 is 0 Å². The summed E-state index contributed by atoms with van der Waals surface area (Å²) in [7, 11) is 0. The second-order valence-electron chi connectivity index (χ2n) is 5.61. The lowest BCUT2D eigenvalue weighted by Crippen LogP contribution is -2.52. The van der Waals surface area contributed by atoms with Crippen molar-refractivity contribution in [3.63, 3.8) is 0 Å². The van der Waals surface area contributed by atoms with Gasteiger partial charge in [-0.1, -0.05) is 18.2 Å². The third-order valence-electron chi connectivity index (χ3n) is 3.18. The minimum Gasteiger partial charge on any atom is -0.330 e. The summed E-state index contributed by atoms with van der Waals surface area (Å²) < 4.78 is 0. The topological polar surface area (TPSA) is 40.6 Å². The fourth-order valence-electron chi connectivity index (χ4n) is 2.20. The van der Waals surface area contributed by atoms with Crippen LogP contribution >= 0.6 is 0 Å². The number of carbonyl (C=O) groups excluding carboxylic acids is 2. The van der Waals surface area contributed by atoms with Gasteiger partial charge in [0, 0.05) is 24.3 Å². The number of hydrogen-bond donors (Lipinski definition) is 0. The lowest BCUT2D eigenvalue weighted by molar-refractivity contribution is -0.147. The van der Waals surface area contributed by atoms with Crippen LogP contribution < -0.4 is 4.90 Å². The molecule has 2 amide bonds. The van der Waals surface area contributed by atoms with Crippen LogP contribution in [0.15, 0.2) is 30.3 Å². The van der Waals surface area contributed by atoms with E-state index in [1.165, 1.54) is 4.90 Å². The molecule has 1 rings (SSSR count). The summed E-state index contributed by atoms with van der Waals surface area (Å²) in [5, 5.41) is 0. The van der Waals surface area contributed by atoms with Gasteiger partial charge in [0.2, 0.25) is 0 Å². The maximum Gasteiger partial charge on any atom is 0.316 e. The van der Waals surface area contributed by atoms with E-state index < -0.39 is 11.8 Å². The zero-order valence-electron chi connectivity index (χ0n) is 13.0. The Morgan fingerprint density at radius 3 is 1.90 bits per heavy atom. The van der Waals surface area contributed by atoms with E-state index in [-0.39, 0.29) is 5.54 Å². The van der Waals surface area contributed by atoms with Crippen LogP contribution in [-0.2, 0) is 9.59 Å². The average molecular weight is 276 g/mol. The lowest BCUT2D eigenvalue weighted by atomic mass is 10.1. The quantitative estimate of drug-likeness (QED) is 0.796. The van der Waals surface area contributed by atoms with Gasteiger partial charge in [0.25, 0.3) is 0 Å². The Hall–Kier alpha value is -1.84. The molecule has 110 valence electrons. The molecule has 0 bridgehead atoms. The highest BCUT2D eigenvalue weighted by molar-refractivity contribution is 6.40. The van der Waals surface area contributed by atoms with Crippen LogP contribution in [0.5, 0.6) is 0 Å². The number of nitrogens with zero attached hydrogens (tertiary/aromatic N) is 2. The molecular weight excluding hydrogens is 252 g/mol. The molecular formula is C16H24N2O2. The van der Waals surface area contributed by atoms with Crippen molar-refractivity contribution in [2.24, 2.45) is 0 Å². The average Bonchev–Trinajstić information content (AvgIpc) is 2.39. The smallest absolute Gasteiger partial charge is 0.316 e. The zero-order valence-corrected chi connectivity index (χ0v) is 13.0. The molecule has 20 heavy (non-hydrogen) atoms. The molecule has 0 aliphatic heterocycles. The molecule has 4 heteroatoms. The van der Waals surface area contributed by atoms with Crippen LogP contribution in [0.2, 0.25) is 0 Å². The Morgan fingerprint density at radius 1 is 0.950 bits per heavy atom. The number of likely N-dealkylation sites (N-methyl/N-ethyl adjacent to an activating group) is 2. The number of benzene rings is 1. The summed E-state index contributed by atoms with van der Waals surface area (Å²) in [6.07, 6.45) is 0. The van der Waals surface area contributed by atoms with Crippen LogP contribution in [0.25, 0.3) is 0 Å². The molecule has 0 atom stereocenters. The molecule has 1 aromatic carbocycles. The van der Waals surface area contributed by atoms with Crippen molar-refractivity contribution in [1.82, 2.24) is 4.90 Å². The van der Waals surface area contributed by atoms with Gasteiger partial charge in [-0.2, -0.15) is 0 Å². The van der Waals surface area contributed by atoms with Crippen LogP contribution in [0.3, 0.4) is 0 Å². The first-order chi connectivity index (χ1) is 9.32. The Kier molecular flexibility index (Phi) is 5.31. The standard InChI is InChI=1S/C16H24N2O2/c1-6-17(13-11-9-8-10-12-13)14(19)15(20)18(7-2)16(3,4)5/h8-12H,6-7H2,1-5H3. The van der Waals surface area contributed by atoms with E-state index in [2.05, 4.69) is 0 Å². The molecule has 0 aliphatic carbocycles. The van der Waals surface area contributed by atoms with E-state index in [4.69, 9.17) is 0 Å². The Morgan fingerprint density at radius 2 is 1.50 bits per heavy atom. The van der Waals surface area contributed by atoms with Gasteiger partial charge >= 0.3 is 11.8 Å². The monoisotopic (exact) mass is 276 g/mol. The van der Waals surface area contributed by atoms with Crippen LogP contribution in [0, 0.1) is 0 Å². The van der Waals surface area contributed by atoms with E-state index in [9.17, 15) is 9.59 Å². The molecule has 0 spiro atoms. The third kappa shape index (κ3) is 3.59. The third-order valence-corrected chi connectivity index (χ3v) is 3.18. The van der Waals surface area contributed by atoms with Crippen molar-refractivity contribution in [3.8, 4) is 0 Å². The second kappa shape index (κ2) is 6.55. The number of rotatable bonds is 3. The molecule has 0 fully saturated rings. The molecule has 0 radical (unpaired) electrons. The summed E-state index contributed by atoms with van der Waals surface area (Å²) >= 11 is 0. The number of amides is 2. The number of hydrogen-bond acceptors (Lipinski definition) is 2. The molecule has 4 nitrogen and oxygen atoms in total. The Balaban J connectivity index is 3.00. The summed E-state index contributed by atoms with van der Waals surface area (Å²) in [5.41, 5.74) is 0.385. The molecule has 0 aliphatic rings. The van der Waals surface area contributed by atoms with Gasteiger partial charge in [-0.3, -0.25) is 9.59 Å². The first-order valence-electron chi connectivity index (χ1n) is 7.01. The van der Waals surface area contributed by atoms with Gasteiger partial charge < -0.3 is 9.80 Å². The fourth-order valence-corrected chi connectivity index (χ4v) is 2.20. The van der Waals surface area contributed by atoms with Gasteiger partial charge in [0.15, 0.2) is 0 Å². The van der Waals surface area contributed by atoms with Crippen molar-refractivity contribution in [1.29, 1.82) is 0 Å². The van der Waals surface area contributed by atoms with E-state index in [1.807, 2.05) is 65.0 Å². The SMILES string of the molecule is CCN(C(=O)C(=O)N(CC)C(C)(C)C)c1ccccc1. The van der Waals surface area contributed by atoms with E-state index in [0.717, 1.165) is 5.69 Å². The van der Waals surface area contributed by atoms with Crippen molar-refractivity contribution in [3.05, 3.63) is 30.3 Å². The van der Waals surface area contributed by atoms with Gasteiger partial charge in [-0.25, -0.2) is 0 Å². The van der Waals surface area contributed by atoms with Crippen molar-refractivity contribution in [2.75, 3.05) is 18.0 Å². The maximum atomic E-state index is 12.5. The predicted molar refractivity (Wildman–Crippen MR) is 81.6 cm³/mol. The number of carbonyl (C=O) groups is 2. The predicted octanol–water partition coefficient (Wildman–Crippen LogP) is 2.69. The summed E-state index contributed by atoms with van der Waals surface area (Å²) in [4.78, 5) is 28.0. The highest BCUT2D eigenvalue weighted by Crippen LogP contribution is 2.17. The van der Waals surface area contributed by atoms with Crippen LogP contribution in [0.1, 0.15) is 34.6 Å². The zero-order chi connectivity index (χ0) is 15.3. The second-order valence-corrected chi connectivity index (χ2v) is 5.61. The molecule has 0 N–H and O–H groups in total. The normalized spacial score (nSPS) is 11.1. The number of anilines is 1. The van der Waals surface area contributed by atoms with Gasteiger partial charge in [0.1, 0.15) is 0 Å². The lowest BCUT2D eigenvalue weighted by Gasteiger charge is -2.35. The highest BCUT2D eigenvalue weighted by Gasteiger charge is 2.32. The summed E-state index contributed by atoms with van der Waals surface area (Å²) in [5.74, 6) is -0.929. The highest BCUT2D eigenvalue weighted by atomic mass is 16.2. The van der Waals surface area contributed by atoms with Gasteiger partial charge in [-0.05, 0) is 46.8 Å². The van der Waals surface area contributed by atoms with Crippen molar-refractivity contribution >= 4 is 17.5 Å². The fraction of sp³-hybridized carbons (Fsp3) is 0.500. The molecule has 1 aromatic rings. The molecule has 0 saturated carbocycles. The minimum absolute atomic E-state index is 0.363.